The van der Waals surface area contributed by atoms with Crippen molar-refractivity contribution in [1.82, 2.24) is 5.01 Å². The Labute approximate surface area is 210 Å². The van der Waals surface area contributed by atoms with Crippen LogP contribution in [0.15, 0.2) is 53.6 Å². The number of hydrogen-bond acceptors (Lipinski definition) is 6. The molecule has 2 aromatic carbocycles. The maximum Gasteiger partial charge on any atom is 0.416 e. The summed E-state index contributed by atoms with van der Waals surface area (Å²) in [5, 5.41) is 9.21. The van der Waals surface area contributed by atoms with Crippen molar-refractivity contribution in [1.29, 1.82) is 0 Å². The van der Waals surface area contributed by atoms with Crippen molar-refractivity contribution in [3.63, 3.8) is 0 Å². The predicted molar refractivity (Wildman–Crippen MR) is 132 cm³/mol. The molecular formula is C24H25ClF3N3O3S. The molecule has 0 fully saturated rings. The van der Waals surface area contributed by atoms with E-state index < -0.39 is 29.0 Å². The van der Waals surface area contributed by atoms with E-state index in [1.165, 1.54) is 17.1 Å². The number of hydrazone groups is 1. The lowest BCUT2D eigenvalue weighted by molar-refractivity contribution is -0.151. The number of anilines is 1. The van der Waals surface area contributed by atoms with Crippen LogP contribution in [0, 0.1) is 5.41 Å². The number of alkyl halides is 3. The highest BCUT2D eigenvalue weighted by molar-refractivity contribution is 7.98. The SMILES string of the molecule is CCOC(=O)C1(CCSC)CN(CC(=O)Nc2ccc(C(F)(F)F)cc2)N=C1c1ccc(Cl)cc1. The molecule has 1 atom stereocenters. The summed E-state index contributed by atoms with van der Waals surface area (Å²) in [5.41, 5.74) is -0.483. The number of carbonyl (C=O) groups is 2. The molecule has 0 saturated carbocycles. The fourth-order valence-electron chi connectivity index (χ4n) is 3.81. The van der Waals surface area contributed by atoms with Crippen molar-refractivity contribution in [3.05, 3.63) is 64.7 Å². The Morgan fingerprint density at radius 1 is 1.17 bits per heavy atom. The van der Waals surface area contributed by atoms with Gasteiger partial charge in [0.2, 0.25) is 5.91 Å². The van der Waals surface area contributed by atoms with E-state index in [0.29, 0.717) is 28.5 Å². The lowest BCUT2D eigenvalue weighted by atomic mass is 9.78. The number of hydrogen-bond donors (Lipinski definition) is 1. The van der Waals surface area contributed by atoms with Crippen molar-refractivity contribution < 1.29 is 27.5 Å². The standard InChI is InChI=1S/C24H25ClF3N3O3S/c1-3-34-22(33)23(12-13-35-2)15-31(30-21(23)16-4-8-18(25)9-5-16)14-20(32)29-19-10-6-17(7-11-19)24(26,27)28/h4-11H,3,12-15H2,1-2H3,(H,29,32). The normalized spacial score (nSPS) is 17.8. The van der Waals surface area contributed by atoms with Gasteiger partial charge in [0, 0.05) is 10.7 Å². The summed E-state index contributed by atoms with van der Waals surface area (Å²) in [6.45, 7) is 1.86. The molecule has 188 valence electrons. The zero-order valence-corrected chi connectivity index (χ0v) is 20.8. The van der Waals surface area contributed by atoms with E-state index in [2.05, 4.69) is 10.4 Å². The highest BCUT2D eigenvalue weighted by atomic mass is 35.5. The number of esters is 1. The average Bonchev–Trinajstić information content (AvgIpc) is 3.17. The minimum atomic E-state index is -4.46. The number of nitrogens with zero attached hydrogens (tertiary/aromatic N) is 2. The topological polar surface area (TPSA) is 71.0 Å². The Morgan fingerprint density at radius 2 is 1.83 bits per heavy atom. The third-order valence-electron chi connectivity index (χ3n) is 5.49. The Morgan fingerprint density at radius 3 is 2.40 bits per heavy atom. The van der Waals surface area contributed by atoms with E-state index >= 15 is 0 Å². The summed E-state index contributed by atoms with van der Waals surface area (Å²) in [6.07, 6.45) is -2.08. The van der Waals surface area contributed by atoms with Gasteiger partial charge in [-0.25, -0.2) is 0 Å². The van der Waals surface area contributed by atoms with E-state index in [1.54, 1.807) is 43.0 Å². The van der Waals surface area contributed by atoms with Gasteiger partial charge in [0.05, 0.1) is 24.4 Å². The molecule has 0 radical (unpaired) electrons. The van der Waals surface area contributed by atoms with Crippen LogP contribution in [-0.4, -0.2) is 54.3 Å². The van der Waals surface area contributed by atoms with Gasteiger partial charge in [0.25, 0.3) is 0 Å². The summed E-state index contributed by atoms with van der Waals surface area (Å²) in [7, 11) is 0. The number of ether oxygens (including phenoxy) is 1. The molecule has 1 amide bonds. The van der Waals surface area contributed by atoms with Crippen LogP contribution < -0.4 is 5.32 Å². The van der Waals surface area contributed by atoms with Crippen molar-refractivity contribution in [2.75, 3.05) is 37.0 Å². The fraction of sp³-hybridized carbons (Fsp3) is 0.375. The molecule has 1 heterocycles. The van der Waals surface area contributed by atoms with Gasteiger partial charge in [0.15, 0.2) is 0 Å². The lowest BCUT2D eigenvalue weighted by Gasteiger charge is -2.28. The van der Waals surface area contributed by atoms with Crippen LogP contribution in [0.2, 0.25) is 5.02 Å². The number of halogens is 4. The van der Waals surface area contributed by atoms with Crippen molar-refractivity contribution in [3.8, 4) is 0 Å². The van der Waals surface area contributed by atoms with Crippen LogP contribution in [0.25, 0.3) is 0 Å². The van der Waals surface area contributed by atoms with Gasteiger partial charge in [-0.2, -0.15) is 30.0 Å². The Balaban J connectivity index is 1.84. The van der Waals surface area contributed by atoms with Gasteiger partial charge in [-0.15, -0.1) is 0 Å². The Hall–Kier alpha value is -2.72. The second kappa shape index (κ2) is 11.3. The lowest BCUT2D eigenvalue weighted by Crippen LogP contribution is -2.44. The molecule has 35 heavy (non-hydrogen) atoms. The highest BCUT2D eigenvalue weighted by Crippen LogP contribution is 2.37. The Kier molecular flexibility index (Phi) is 8.71. The van der Waals surface area contributed by atoms with Gasteiger partial charge >= 0.3 is 12.1 Å². The highest BCUT2D eigenvalue weighted by Gasteiger charge is 2.50. The molecule has 2 aromatic rings. The summed E-state index contributed by atoms with van der Waals surface area (Å²) in [6, 6.07) is 11.1. The van der Waals surface area contributed by atoms with Crippen LogP contribution in [0.4, 0.5) is 18.9 Å². The van der Waals surface area contributed by atoms with Gasteiger partial charge in [-0.3, -0.25) is 14.6 Å². The van der Waals surface area contributed by atoms with Crippen LogP contribution in [0.3, 0.4) is 0 Å². The van der Waals surface area contributed by atoms with E-state index in [0.717, 1.165) is 12.1 Å². The molecule has 0 aromatic heterocycles. The number of benzene rings is 2. The first-order valence-corrected chi connectivity index (χ1v) is 12.6. The van der Waals surface area contributed by atoms with E-state index in [-0.39, 0.29) is 25.4 Å². The van der Waals surface area contributed by atoms with Crippen LogP contribution in [0.5, 0.6) is 0 Å². The molecule has 1 aliphatic heterocycles. The number of rotatable bonds is 9. The summed E-state index contributed by atoms with van der Waals surface area (Å²) < 4.78 is 43.7. The van der Waals surface area contributed by atoms with Crippen LogP contribution >= 0.6 is 23.4 Å². The van der Waals surface area contributed by atoms with Crippen molar-refractivity contribution in [2.45, 2.75) is 19.5 Å². The summed E-state index contributed by atoms with van der Waals surface area (Å²) >= 11 is 7.61. The van der Waals surface area contributed by atoms with Crippen LogP contribution in [0.1, 0.15) is 24.5 Å². The van der Waals surface area contributed by atoms with Gasteiger partial charge in [-0.05, 0) is 67.3 Å². The number of amides is 1. The first-order valence-electron chi connectivity index (χ1n) is 10.8. The minimum absolute atomic E-state index is 0.130. The van der Waals surface area contributed by atoms with Gasteiger partial charge < -0.3 is 10.1 Å². The zero-order valence-electron chi connectivity index (χ0n) is 19.2. The third-order valence-corrected chi connectivity index (χ3v) is 6.35. The maximum atomic E-state index is 13.2. The molecule has 0 aliphatic carbocycles. The van der Waals surface area contributed by atoms with E-state index in [1.807, 2.05) is 6.26 Å². The smallest absolute Gasteiger partial charge is 0.416 e. The summed E-state index contributed by atoms with van der Waals surface area (Å²) in [4.78, 5) is 25.9. The number of nitrogens with one attached hydrogen (secondary N) is 1. The maximum absolute atomic E-state index is 13.2. The average molecular weight is 528 g/mol. The summed E-state index contributed by atoms with van der Waals surface area (Å²) in [5.74, 6) is -0.237. The molecule has 1 N–H and O–H groups in total. The van der Waals surface area contributed by atoms with E-state index in [4.69, 9.17) is 16.3 Å². The Bertz CT molecular complexity index is 1080. The second-order valence-electron chi connectivity index (χ2n) is 7.95. The first-order chi connectivity index (χ1) is 16.6. The van der Waals surface area contributed by atoms with Crippen molar-refractivity contribution in [2.24, 2.45) is 10.5 Å². The largest absolute Gasteiger partial charge is 0.465 e. The van der Waals surface area contributed by atoms with Crippen molar-refractivity contribution >= 4 is 46.6 Å². The quantitative estimate of drug-likeness (QED) is 0.447. The monoisotopic (exact) mass is 527 g/mol. The molecule has 0 spiro atoms. The molecule has 3 rings (SSSR count). The van der Waals surface area contributed by atoms with E-state index in [9.17, 15) is 22.8 Å². The molecule has 0 bridgehead atoms. The molecule has 1 unspecified atom stereocenters. The molecule has 1 aliphatic rings. The van der Waals surface area contributed by atoms with Gasteiger partial charge in [0.1, 0.15) is 12.0 Å². The molecule has 6 nitrogen and oxygen atoms in total. The molecule has 0 saturated heterocycles. The minimum Gasteiger partial charge on any atom is -0.465 e. The van der Waals surface area contributed by atoms with Crippen LogP contribution in [-0.2, 0) is 20.5 Å². The predicted octanol–water partition coefficient (Wildman–Crippen LogP) is 5.32. The van der Waals surface area contributed by atoms with Gasteiger partial charge in [-0.1, -0.05) is 23.7 Å². The zero-order chi connectivity index (χ0) is 25.6. The number of thioether (sulfide) groups is 1. The third kappa shape index (κ3) is 6.49. The first kappa shape index (κ1) is 26.9. The molecular weight excluding hydrogens is 503 g/mol. The number of carbonyl (C=O) groups excluding carboxylic acids is 2. The second-order valence-corrected chi connectivity index (χ2v) is 9.37. The fourth-order valence-corrected chi connectivity index (χ4v) is 4.49. The molecule has 11 heteroatoms.